The lowest BCUT2D eigenvalue weighted by Crippen LogP contribution is -2.10. The number of benzene rings is 2. The topological polar surface area (TPSA) is 148 Å². The van der Waals surface area contributed by atoms with Crippen LogP contribution in [0.15, 0.2) is 35.2 Å². The van der Waals surface area contributed by atoms with Crippen LogP contribution in [0, 0.1) is 0 Å². The van der Waals surface area contributed by atoms with Crippen molar-refractivity contribution in [3.63, 3.8) is 0 Å². The molecule has 9 nitrogen and oxygen atoms in total. The Hall–Kier alpha value is -2.96. The number of nitrogen functional groups attached to an aromatic ring is 1. The van der Waals surface area contributed by atoms with Crippen LogP contribution in [0.25, 0.3) is 32.7 Å². The van der Waals surface area contributed by atoms with Crippen LogP contribution >= 0.6 is 11.3 Å². The zero-order valence-corrected chi connectivity index (χ0v) is 16.6. The van der Waals surface area contributed by atoms with E-state index in [0.717, 1.165) is 11.0 Å². The molecule has 0 saturated heterocycles. The van der Waals surface area contributed by atoms with Gasteiger partial charge >= 0.3 is 0 Å². The molecule has 0 fully saturated rings. The number of aromatic amines is 1. The van der Waals surface area contributed by atoms with E-state index in [1.807, 2.05) is 6.07 Å². The highest BCUT2D eigenvalue weighted by atomic mass is 32.2. The highest BCUT2D eigenvalue weighted by molar-refractivity contribution is 7.91. The normalized spacial score (nSPS) is 13.1. The lowest BCUT2D eigenvalue weighted by Gasteiger charge is -2.17. The first-order valence-corrected chi connectivity index (χ1v) is 11.0. The number of aromatic nitrogens is 5. The second kappa shape index (κ2) is 7.13. The van der Waals surface area contributed by atoms with Crippen molar-refractivity contribution in [3.8, 4) is 22.5 Å². The Morgan fingerprint density at radius 3 is 2.72 bits per heavy atom. The molecule has 2 aromatic carbocycles. The van der Waals surface area contributed by atoms with Crippen molar-refractivity contribution in [3.05, 3.63) is 35.9 Å². The standard InChI is InChI=1S/C17H15FN6O3S2/c1-29(26,27)15-10(11(18)7-25)6-5-8(13(15)16-21-23-24-22-16)9-3-2-4-12-14(9)20-17(19)28-12/h2-6,11,25H,7H2,1H3,(H2,19,20)(H,21,22,23,24). The summed E-state index contributed by atoms with van der Waals surface area (Å²) in [6.45, 7) is -0.869. The number of aliphatic hydroxyl groups is 1. The molecule has 12 heteroatoms. The van der Waals surface area contributed by atoms with Gasteiger partial charge in [-0.25, -0.2) is 17.8 Å². The molecule has 2 heterocycles. The van der Waals surface area contributed by atoms with Crippen LogP contribution in [0.3, 0.4) is 0 Å². The smallest absolute Gasteiger partial charge is 0.206 e. The first-order chi connectivity index (χ1) is 13.8. The Balaban J connectivity index is 2.16. The quantitative estimate of drug-likeness (QED) is 0.433. The van der Waals surface area contributed by atoms with Gasteiger partial charge in [0.25, 0.3) is 0 Å². The number of halogens is 1. The second-order valence-corrected chi connectivity index (χ2v) is 9.28. The van der Waals surface area contributed by atoms with Gasteiger partial charge in [0, 0.05) is 22.9 Å². The maximum atomic E-state index is 14.5. The van der Waals surface area contributed by atoms with Crippen LogP contribution < -0.4 is 5.73 Å². The Bertz CT molecular complexity index is 1300. The number of sulfone groups is 1. The van der Waals surface area contributed by atoms with Gasteiger partial charge in [-0.15, -0.1) is 10.2 Å². The second-order valence-electron chi connectivity index (χ2n) is 6.27. The summed E-state index contributed by atoms with van der Waals surface area (Å²) in [5.74, 6) is -0.0207. The van der Waals surface area contributed by atoms with Crippen LogP contribution in [0.4, 0.5) is 9.52 Å². The number of hydrogen-bond acceptors (Lipinski definition) is 9. The molecule has 29 heavy (non-hydrogen) atoms. The molecule has 0 aliphatic carbocycles. The molecular weight excluding hydrogens is 419 g/mol. The fourth-order valence-electron chi connectivity index (χ4n) is 3.24. The lowest BCUT2D eigenvalue weighted by molar-refractivity contribution is 0.178. The maximum absolute atomic E-state index is 14.5. The van der Waals surface area contributed by atoms with E-state index in [9.17, 15) is 17.9 Å². The Morgan fingerprint density at radius 1 is 1.28 bits per heavy atom. The third kappa shape index (κ3) is 3.34. The molecule has 4 N–H and O–H groups in total. The summed E-state index contributed by atoms with van der Waals surface area (Å²) in [5, 5.41) is 23.3. The van der Waals surface area contributed by atoms with Crippen LogP contribution in [0.1, 0.15) is 11.7 Å². The fourth-order valence-corrected chi connectivity index (χ4v) is 5.20. The number of para-hydroxylation sites is 1. The number of anilines is 1. The number of thiazole rings is 1. The summed E-state index contributed by atoms with van der Waals surface area (Å²) >= 11 is 1.29. The van der Waals surface area contributed by atoms with Crippen molar-refractivity contribution in [1.29, 1.82) is 0 Å². The molecule has 0 aliphatic rings. The Morgan fingerprint density at radius 2 is 2.07 bits per heavy atom. The first-order valence-electron chi connectivity index (χ1n) is 8.32. The van der Waals surface area contributed by atoms with Gasteiger partial charge in [0.05, 0.1) is 21.7 Å². The van der Waals surface area contributed by atoms with E-state index < -0.39 is 22.6 Å². The van der Waals surface area contributed by atoms with Crippen molar-refractivity contribution >= 4 is 36.5 Å². The number of H-pyrrole nitrogens is 1. The number of nitrogens with two attached hydrogens (primary N) is 1. The third-order valence-electron chi connectivity index (χ3n) is 4.35. The Kier molecular flexibility index (Phi) is 4.76. The maximum Gasteiger partial charge on any atom is 0.206 e. The summed E-state index contributed by atoms with van der Waals surface area (Å²) in [6, 6.07) is 8.28. The van der Waals surface area contributed by atoms with Gasteiger partial charge < -0.3 is 10.8 Å². The molecule has 0 spiro atoms. The average molecular weight is 434 g/mol. The summed E-state index contributed by atoms with van der Waals surface area (Å²) < 4.78 is 40.6. The number of aliphatic hydroxyl groups excluding tert-OH is 1. The van der Waals surface area contributed by atoms with Crippen LogP contribution in [0.5, 0.6) is 0 Å². The molecule has 1 atom stereocenters. The number of alkyl halides is 1. The van der Waals surface area contributed by atoms with E-state index in [0.29, 0.717) is 21.8 Å². The van der Waals surface area contributed by atoms with Gasteiger partial charge in [-0.3, -0.25) is 0 Å². The number of nitrogens with zero attached hydrogens (tertiary/aromatic N) is 4. The SMILES string of the molecule is CS(=O)(=O)c1c(C(F)CO)ccc(-c2cccc3sc(N)nc23)c1-c1nn[nH]n1. The van der Waals surface area contributed by atoms with Crippen LogP contribution in [0.2, 0.25) is 0 Å². The molecular formula is C17H15FN6O3S2. The van der Waals surface area contributed by atoms with Crippen LogP contribution in [-0.4, -0.2) is 52.0 Å². The summed E-state index contributed by atoms with van der Waals surface area (Å²) in [5.41, 5.74) is 7.34. The van der Waals surface area contributed by atoms with Crippen molar-refractivity contribution in [2.24, 2.45) is 0 Å². The van der Waals surface area contributed by atoms with Crippen LogP contribution in [-0.2, 0) is 9.84 Å². The Labute approximate surface area is 168 Å². The van der Waals surface area contributed by atoms with E-state index >= 15 is 0 Å². The van der Waals surface area contributed by atoms with Crippen molar-refractivity contribution in [2.45, 2.75) is 11.1 Å². The van der Waals surface area contributed by atoms with E-state index in [2.05, 4.69) is 25.6 Å². The van der Waals surface area contributed by atoms with Gasteiger partial charge in [0.15, 0.2) is 15.0 Å². The number of fused-ring (bicyclic) bond motifs is 1. The van der Waals surface area contributed by atoms with Gasteiger partial charge in [-0.1, -0.05) is 35.6 Å². The van der Waals surface area contributed by atoms with Gasteiger partial charge in [0.1, 0.15) is 6.17 Å². The minimum Gasteiger partial charge on any atom is -0.393 e. The molecule has 0 radical (unpaired) electrons. The van der Waals surface area contributed by atoms with E-state index in [-0.39, 0.29) is 21.8 Å². The molecule has 0 saturated carbocycles. The largest absolute Gasteiger partial charge is 0.393 e. The highest BCUT2D eigenvalue weighted by Crippen LogP contribution is 2.42. The zero-order chi connectivity index (χ0) is 20.8. The van der Waals surface area contributed by atoms with Crippen molar-refractivity contribution in [1.82, 2.24) is 25.6 Å². The zero-order valence-electron chi connectivity index (χ0n) is 15.0. The molecule has 4 rings (SSSR count). The lowest BCUT2D eigenvalue weighted by atomic mass is 9.95. The number of hydrogen-bond donors (Lipinski definition) is 3. The molecule has 0 bridgehead atoms. The number of nitrogens with one attached hydrogen (secondary N) is 1. The van der Waals surface area contributed by atoms with Gasteiger partial charge in [-0.05, 0) is 16.8 Å². The third-order valence-corrected chi connectivity index (χ3v) is 6.38. The molecule has 1 unspecified atom stereocenters. The van der Waals surface area contributed by atoms with Gasteiger partial charge in [-0.2, -0.15) is 5.21 Å². The minimum absolute atomic E-state index is 0.0207. The first kappa shape index (κ1) is 19.4. The molecule has 4 aromatic rings. The van der Waals surface area contributed by atoms with E-state index in [1.165, 1.54) is 17.4 Å². The number of tetrazole rings is 1. The fraction of sp³-hybridized carbons (Fsp3) is 0.176. The monoisotopic (exact) mass is 434 g/mol. The number of rotatable bonds is 5. The predicted octanol–water partition coefficient (Wildman–Crippen LogP) is 2.13. The van der Waals surface area contributed by atoms with E-state index in [1.54, 1.807) is 18.2 Å². The average Bonchev–Trinajstić information content (AvgIpc) is 3.33. The van der Waals surface area contributed by atoms with Crippen molar-refractivity contribution in [2.75, 3.05) is 18.6 Å². The molecule has 0 amide bonds. The van der Waals surface area contributed by atoms with Gasteiger partial charge in [0.2, 0.25) is 5.82 Å². The predicted molar refractivity (Wildman–Crippen MR) is 107 cm³/mol. The van der Waals surface area contributed by atoms with Crippen molar-refractivity contribution < 1.29 is 17.9 Å². The summed E-state index contributed by atoms with van der Waals surface area (Å²) in [6.07, 6.45) is -0.935. The molecule has 150 valence electrons. The molecule has 0 aliphatic heterocycles. The van der Waals surface area contributed by atoms with E-state index in [4.69, 9.17) is 5.73 Å². The summed E-state index contributed by atoms with van der Waals surface area (Å²) in [7, 11) is -3.94. The minimum atomic E-state index is -3.94. The highest BCUT2D eigenvalue weighted by Gasteiger charge is 2.29. The molecule has 2 aromatic heterocycles. The summed E-state index contributed by atoms with van der Waals surface area (Å²) in [4.78, 5) is 4.04.